The molecule has 110 valence electrons. The molecule has 1 aromatic rings. The molecule has 0 radical (unpaired) electrons. The monoisotopic (exact) mass is 282 g/mol. The van der Waals surface area contributed by atoms with Gasteiger partial charge in [-0.2, -0.15) is 19.2 Å². The van der Waals surface area contributed by atoms with Crippen LogP contribution in [0.2, 0.25) is 0 Å². The first-order chi connectivity index (χ1) is 8.59. The van der Waals surface area contributed by atoms with E-state index in [1.165, 1.54) is 13.8 Å². The number of quaternary nitrogens is 1. The first kappa shape index (κ1) is 17.6. The minimum absolute atomic E-state index is 0.378. The number of benzene rings is 1. The van der Waals surface area contributed by atoms with Gasteiger partial charge in [0.05, 0.1) is 10.6 Å². The van der Waals surface area contributed by atoms with Crippen molar-refractivity contribution in [1.82, 2.24) is 4.92 Å². The molecule has 0 aliphatic carbocycles. The molecule has 0 aliphatic heterocycles. The van der Waals surface area contributed by atoms with Crippen molar-refractivity contribution in [3.63, 3.8) is 0 Å². The Morgan fingerprint density at radius 1 is 1.00 bits per heavy atom. The fourth-order valence-corrected chi connectivity index (χ4v) is 1.54. The van der Waals surface area contributed by atoms with Crippen molar-refractivity contribution in [1.29, 1.82) is 0 Å². The van der Waals surface area contributed by atoms with Gasteiger partial charge in [-0.05, 0) is 5.92 Å². The molecule has 0 saturated carbocycles. The van der Waals surface area contributed by atoms with E-state index in [2.05, 4.69) is 5.84 Å². The first-order valence-corrected chi connectivity index (χ1v) is 5.68. The summed E-state index contributed by atoms with van der Waals surface area (Å²) in [6, 6.07) is 0. The van der Waals surface area contributed by atoms with Crippen molar-refractivity contribution in [3.05, 3.63) is 23.0 Å². The predicted octanol–water partition coefficient (Wildman–Crippen LogP) is 2.80. The quantitative estimate of drug-likeness (QED) is 0.221. The third kappa shape index (κ3) is 3.35. The number of rotatable bonds is 2. The Morgan fingerprint density at radius 3 is 1.74 bits per heavy atom. The van der Waals surface area contributed by atoms with E-state index in [0.717, 1.165) is 0 Å². The number of hydrogen-bond acceptors (Lipinski definition) is 4. The molecule has 5 nitrogen and oxygen atoms in total. The molecule has 1 aromatic carbocycles. The third-order valence-corrected chi connectivity index (χ3v) is 2.28. The Bertz CT molecular complexity index is 430. The molecular weight excluding hydrogens is 263 g/mol. The molecule has 0 heterocycles. The van der Waals surface area contributed by atoms with Gasteiger partial charge in [-0.3, -0.25) is 0 Å². The molecule has 0 bridgehead atoms. The Hall–Kier alpha value is -1.35. The van der Waals surface area contributed by atoms with Gasteiger partial charge in [-0.1, -0.05) is 27.7 Å². The largest absolute Gasteiger partial charge is 0.396 e. The predicted molar refractivity (Wildman–Crippen MR) is 65.7 cm³/mol. The zero-order valence-corrected chi connectivity index (χ0v) is 11.2. The molecule has 0 unspecified atom stereocenters. The Labute approximate surface area is 109 Å². The summed E-state index contributed by atoms with van der Waals surface area (Å²) in [7, 11) is 0. The van der Waals surface area contributed by atoms with Gasteiger partial charge < -0.3 is 5.73 Å². The summed E-state index contributed by atoms with van der Waals surface area (Å²) in [5.41, 5.74) is 2.73. The first-order valence-electron chi connectivity index (χ1n) is 5.68. The molecule has 6 N–H and O–H groups in total. The molecule has 0 aliphatic rings. The Balaban J connectivity index is 0.00000154. The van der Waals surface area contributed by atoms with Crippen LogP contribution in [0.15, 0.2) is 0 Å². The highest BCUT2D eigenvalue weighted by Crippen LogP contribution is 2.36. The molecule has 0 atom stereocenters. The van der Waals surface area contributed by atoms with E-state index >= 15 is 0 Å². The van der Waals surface area contributed by atoms with Crippen LogP contribution in [-0.2, 0) is 0 Å². The number of nitrogen functional groups attached to an aromatic ring is 1. The minimum Gasteiger partial charge on any atom is -0.396 e. The summed E-state index contributed by atoms with van der Waals surface area (Å²) >= 11 is 0. The second kappa shape index (κ2) is 6.20. The van der Waals surface area contributed by atoms with Crippen LogP contribution in [0.1, 0.15) is 39.2 Å². The van der Waals surface area contributed by atoms with Gasteiger partial charge in [0.25, 0.3) is 5.69 Å². The molecule has 8 heteroatoms. The second-order valence-corrected chi connectivity index (χ2v) is 3.92. The third-order valence-electron chi connectivity index (χ3n) is 2.28. The highest BCUT2D eigenvalue weighted by Gasteiger charge is 2.38. The minimum atomic E-state index is -2.67. The molecule has 0 fully saturated rings. The van der Waals surface area contributed by atoms with Gasteiger partial charge in [0.2, 0.25) is 11.6 Å². The second-order valence-electron chi connectivity index (χ2n) is 3.92. The topological polar surface area (TPSA) is 92.5 Å². The van der Waals surface area contributed by atoms with E-state index < -0.39 is 39.7 Å². The van der Waals surface area contributed by atoms with Crippen LogP contribution < -0.4 is 16.5 Å². The van der Waals surface area contributed by atoms with Crippen molar-refractivity contribution < 1.29 is 23.6 Å². The fraction of sp³-hybridized carbons (Fsp3) is 0.455. The summed E-state index contributed by atoms with van der Waals surface area (Å²) in [5, 5.41) is 17.8. The van der Waals surface area contributed by atoms with Gasteiger partial charge in [-0.15, -0.1) is 5.84 Å². The number of nitrogens with two attached hydrogens (primary N) is 2. The van der Waals surface area contributed by atoms with E-state index in [1.54, 1.807) is 0 Å². The van der Waals surface area contributed by atoms with Crippen molar-refractivity contribution >= 4 is 11.4 Å². The average Bonchev–Trinajstić information content (AvgIpc) is 2.27. The summed E-state index contributed by atoms with van der Waals surface area (Å²) in [5.74, 6) is -0.648. The number of nitrogens with zero attached hydrogens (tertiary/aromatic N) is 1. The Kier molecular flexibility index (Phi) is 5.76. The molecule has 0 spiro atoms. The molecule has 1 rings (SSSR count). The van der Waals surface area contributed by atoms with Crippen molar-refractivity contribution in [2.45, 2.75) is 33.6 Å². The van der Waals surface area contributed by atoms with Crippen LogP contribution in [0.25, 0.3) is 0 Å². The number of anilines is 1. The Morgan fingerprint density at radius 2 is 1.42 bits per heavy atom. The summed E-state index contributed by atoms with van der Waals surface area (Å²) in [4.78, 5) is -2.67. The maximum absolute atomic E-state index is 13.6. The van der Waals surface area contributed by atoms with Gasteiger partial charge in [0.15, 0.2) is 5.82 Å². The SMILES string of the molecule is CC.CC(C)c1c(N)c(F)c([N+](N)(O)O)c(F)c1F. The van der Waals surface area contributed by atoms with E-state index in [4.69, 9.17) is 16.1 Å². The van der Waals surface area contributed by atoms with E-state index in [-0.39, 0.29) is 5.56 Å². The zero-order valence-electron chi connectivity index (χ0n) is 11.2. The molecule has 0 amide bonds. The van der Waals surface area contributed by atoms with Gasteiger partial charge in [0, 0.05) is 5.56 Å². The average molecular weight is 282 g/mol. The van der Waals surface area contributed by atoms with E-state index in [9.17, 15) is 13.2 Å². The van der Waals surface area contributed by atoms with Gasteiger partial charge in [0.1, 0.15) is 0 Å². The van der Waals surface area contributed by atoms with Crippen molar-refractivity contribution in [2.24, 2.45) is 5.84 Å². The lowest BCUT2D eigenvalue weighted by Gasteiger charge is -2.19. The molecule has 0 saturated heterocycles. The van der Waals surface area contributed by atoms with Crippen molar-refractivity contribution in [2.75, 3.05) is 5.73 Å². The lowest BCUT2D eigenvalue weighted by atomic mass is 9.99. The summed E-state index contributed by atoms with van der Waals surface area (Å²) in [6.07, 6.45) is 0. The van der Waals surface area contributed by atoms with Crippen LogP contribution in [0.4, 0.5) is 24.5 Å². The van der Waals surface area contributed by atoms with E-state index in [1.807, 2.05) is 13.8 Å². The van der Waals surface area contributed by atoms with E-state index in [0.29, 0.717) is 0 Å². The van der Waals surface area contributed by atoms with Crippen molar-refractivity contribution in [3.8, 4) is 0 Å². The molecule has 19 heavy (non-hydrogen) atoms. The number of hydrogen-bond donors (Lipinski definition) is 4. The molecular formula is C11H19F3N3O2+. The van der Waals surface area contributed by atoms with Gasteiger partial charge >= 0.3 is 0 Å². The maximum Gasteiger partial charge on any atom is 0.297 e. The maximum atomic E-state index is 13.6. The van der Waals surface area contributed by atoms with Crippen LogP contribution >= 0.6 is 0 Å². The smallest absolute Gasteiger partial charge is 0.297 e. The van der Waals surface area contributed by atoms with Crippen LogP contribution in [0.5, 0.6) is 0 Å². The normalized spacial score (nSPS) is 11.3. The van der Waals surface area contributed by atoms with Crippen LogP contribution in [0.3, 0.4) is 0 Å². The summed E-state index contributed by atoms with van der Waals surface area (Å²) < 4.78 is 40.7. The fourth-order valence-electron chi connectivity index (χ4n) is 1.54. The zero-order chi connectivity index (χ0) is 15.5. The standard InChI is InChI=1S/C9H13F3N3O2.C2H6/c1-3(2)4-5(10)6(11)9(15(14,16)17)7(12)8(4)13;1-2/h3,16-17H,13-14H2,1-2H3;1-2H3/q+1;. The molecule has 0 aromatic heterocycles. The van der Waals surface area contributed by atoms with Crippen LogP contribution in [-0.4, -0.2) is 10.4 Å². The lowest BCUT2D eigenvalue weighted by Crippen LogP contribution is -2.51. The highest BCUT2D eigenvalue weighted by molar-refractivity contribution is 5.61. The number of halogens is 3. The summed E-state index contributed by atoms with van der Waals surface area (Å²) in [6.45, 7) is 6.96. The van der Waals surface area contributed by atoms with Crippen LogP contribution in [0, 0.1) is 17.5 Å². The lowest BCUT2D eigenvalue weighted by molar-refractivity contribution is -0.297. The van der Waals surface area contributed by atoms with Gasteiger partial charge in [-0.25, -0.2) is 4.39 Å². The highest BCUT2D eigenvalue weighted by atomic mass is 19.2.